The van der Waals surface area contributed by atoms with Crippen molar-refractivity contribution in [2.75, 3.05) is 20.5 Å². The molecule has 0 radical (unpaired) electrons. The van der Waals surface area contributed by atoms with Crippen LogP contribution in [0.5, 0.6) is 11.5 Å². The monoisotopic (exact) mass is 213 g/mol. The topological polar surface area (TPSA) is 44.5 Å². The van der Waals surface area contributed by atoms with Crippen LogP contribution in [0.4, 0.5) is 0 Å². The molecular formula is C10H15NO2S. The van der Waals surface area contributed by atoms with Crippen LogP contribution in [0.2, 0.25) is 0 Å². The molecule has 0 saturated heterocycles. The minimum atomic E-state index is 0.455. The van der Waals surface area contributed by atoms with Gasteiger partial charge in [-0.3, -0.25) is 0 Å². The van der Waals surface area contributed by atoms with Crippen molar-refractivity contribution in [3.63, 3.8) is 0 Å². The van der Waals surface area contributed by atoms with Crippen LogP contribution in [0.1, 0.15) is 5.56 Å². The summed E-state index contributed by atoms with van der Waals surface area (Å²) in [5.41, 5.74) is 6.68. The molecule has 0 aliphatic heterocycles. The fourth-order valence-electron chi connectivity index (χ4n) is 1.36. The highest BCUT2D eigenvalue weighted by Gasteiger charge is 2.12. The summed E-state index contributed by atoms with van der Waals surface area (Å²) in [5.74, 6) is 1.66. The van der Waals surface area contributed by atoms with Gasteiger partial charge < -0.3 is 15.2 Å². The second kappa shape index (κ2) is 5.12. The number of hydrogen-bond acceptors (Lipinski definition) is 4. The minimum Gasteiger partial charge on any atom is -0.496 e. The fourth-order valence-corrected chi connectivity index (χ4v) is 2.14. The van der Waals surface area contributed by atoms with E-state index in [2.05, 4.69) is 0 Å². The average molecular weight is 213 g/mol. The summed E-state index contributed by atoms with van der Waals surface area (Å²) in [6, 6.07) is 3.77. The Morgan fingerprint density at radius 1 is 1.21 bits per heavy atom. The number of methoxy groups -OCH3 is 2. The quantitative estimate of drug-likeness (QED) is 0.776. The van der Waals surface area contributed by atoms with Crippen molar-refractivity contribution >= 4 is 11.8 Å². The van der Waals surface area contributed by atoms with Gasteiger partial charge in [-0.1, -0.05) is 0 Å². The van der Waals surface area contributed by atoms with Crippen molar-refractivity contribution in [3.05, 3.63) is 17.7 Å². The first kappa shape index (κ1) is 11.2. The maximum atomic E-state index is 5.68. The zero-order chi connectivity index (χ0) is 10.6. The Kier molecular flexibility index (Phi) is 4.10. The van der Waals surface area contributed by atoms with Crippen LogP contribution in [-0.2, 0) is 6.54 Å². The van der Waals surface area contributed by atoms with E-state index in [0.29, 0.717) is 6.54 Å². The third-order valence-corrected chi connectivity index (χ3v) is 2.89. The second-order valence-corrected chi connectivity index (χ2v) is 3.50. The van der Waals surface area contributed by atoms with Gasteiger partial charge in [0.1, 0.15) is 11.5 Å². The Bertz CT molecular complexity index is 284. The summed E-state index contributed by atoms with van der Waals surface area (Å²) >= 11 is 1.62. The van der Waals surface area contributed by atoms with E-state index in [1.54, 1.807) is 26.0 Å². The summed E-state index contributed by atoms with van der Waals surface area (Å²) in [6.45, 7) is 0.455. The predicted molar refractivity (Wildman–Crippen MR) is 59.2 cm³/mol. The smallest absolute Gasteiger partial charge is 0.133 e. The molecule has 3 nitrogen and oxygen atoms in total. The van der Waals surface area contributed by atoms with E-state index >= 15 is 0 Å². The highest BCUT2D eigenvalue weighted by atomic mass is 32.2. The van der Waals surface area contributed by atoms with E-state index in [4.69, 9.17) is 15.2 Å². The lowest BCUT2D eigenvalue weighted by molar-refractivity contribution is 0.389. The van der Waals surface area contributed by atoms with Crippen molar-refractivity contribution in [2.24, 2.45) is 5.73 Å². The molecular weight excluding hydrogens is 198 g/mol. The highest BCUT2D eigenvalue weighted by molar-refractivity contribution is 7.98. The Labute approximate surface area is 88.6 Å². The summed E-state index contributed by atoms with van der Waals surface area (Å²) in [6.07, 6.45) is 2.00. The molecule has 0 saturated carbocycles. The number of rotatable bonds is 4. The molecule has 0 aromatic heterocycles. The van der Waals surface area contributed by atoms with E-state index in [1.165, 1.54) is 0 Å². The van der Waals surface area contributed by atoms with E-state index in [9.17, 15) is 0 Å². The summed E-state index contributed by atoms with van der Waals surface area (Å²) in [4.78, 5) is 1.05. The van der Waals surface area contributed by atoms with E-state index < -0.39 is 0 Å². The number of nitrogens with two attached hydrogens (primary N) is 1. The molecule has 0 atom stereocenters. The lowest BCUT2D eigenvalue weighted by Crippen LogP contribution is -2.03. The fraction of sp³-hybridized carbons (Fsp3) is 0.400. The van der Waals surface area contributed by atoms with Gasteiger partial charge in [0.25, 0.3) is 0 Å². The van der Waals surface area contributed by atoms with Gasteiger partial charge in [-0.05, 0) is 18.4 Å². The summed E-state index contributed by atoms with van der Waals surface area (Å²) < 4.78 is 10.5. The standard InChI is InChI=1S/C10H15NO2S/c1-12-8-4-5-9(13-2)10(14-3)7(8)6-11/h4-5H,6,11H2,1-3H3. The summed E-state index contributed by atoms with van der Waals surface area (Å²) in [5, 5.41) is 0. The molecule has 78 valence electrons. The molecule has 0 unspecified atom stereocenters. The van der Waals surface area contributed by atoms with Crippen LogP contribution in [-0.4, -0.2) is 20.5 Å². The Morgan fingerprint density at radius 3 is 2.21 bits per heavy atom. The van der Waals surface area contributed by atoms with Crippen molar-refractivity contribution in [2.45, 2.75) is 11.4 Å². The molecule has 0 aliphatic carbocycles. The van der Waals surface area contributed by atoms with Crippen LogP contribution < -0.4 is 15.2 Å². The Morgan fingerprint density at radius 2 is 1.79 bits per heavy atom. The van der Waals surface area contributed by atoms with Crippen LogP contribution in [0.25, 0.3) is 0 Å². The molecule has 2 N–H and O–H groups in total. The van der Waals surface area contributed by atoms with Gasteiger partial charge in [-0.25, -0.2) is 0 Å². The zero-order valence-corrected chi connectivity index (χ0v) is 9.48. The van der Waals surface area contributed by atoms with Gasteiger partial charge in [0.05, 0.1) is 19.1 Å². The molecule has 0 fully saturated rings. The average Bonchev–Trinajstić information content (AvgIpc) is 2.26. The van der Waals surface area contributed by atoms with Gasteiger partial charge in [-0.15, -0.1) is 11.8 Å². The molecule has 0 amide bonds. The predicted octanol–water partition coefficient (Wildman–Crippen LogP) is 1.88. The summed E-state index contributed by atoms with van der Waals surface area (Å²) in [7, 11) is 3.30. The lowest BCUT2D eigenvalue weighted by atomic mass is 10.2. The van der Waals surface area contributed by atoms with Gasteiger partial charge in [0.15, 0.2) is 0 Å². The van der Waals surface area contributed by atoms with E-state index in [0.717, 1.165) is 22.0 Å². The molecule has 0 heterocycles. The van der Waals surface area contributed by atoms with Crippen LogP contribution >= 0.6 is 11.8 Å². The maximum absolute atomic E-state index is 5.68. The third-order valence-electron chi connectivity index (χ3n) is 2.03. The number of hydrogen-bond donors (Lipinski definition) is 1. The van der Waals surface area contributed by atoms with Crippen molar-refractivity contribution < 1.29 is 9.47 Å². The number of thioether (sulfide) groups is 1. The first-order chi connectivity index (χ1) is 6.78. The minimum absolute atomic E-state index is 0.455. The second-order valence-electron chi connectivity index (χ2n) is 2.69. The Hall–Kier alpha value is -0.870. The normalized spacial score (nSPS) is 10.0. The first-order valence-corrected chi connectivity index (χ1v) is 5.48. The van der Waals surface area contributed by atoms with Crippen LogP contribution in [0, 0.1) is 0 Å². The molecule has 1 aromatic rings. The first-order valence-electron chi connectivity index (χ1n) is 4.26. The van der Waals surface area contributed by atoms with E-state index in [-0.39, 0.29) is 0 Å². The van der Waals surface area contributed by atoms with Crippen molar-refractivity contribution in [1.29, 1.82) is 0 Å². The van der Waals surface area contributed by atoms with Gasteiger partial charge >= 0.3 is 0 Å². The Balaban J connectivity index is 3.28. The lowest BCUT2D eigenvalue weighted by Gasteiger charge is -2.14. The molecule has 1 aromatic carbocycles. The molecule has 14 heavy (non-hydrogen) atoms. The van der Waals surface area contributed by atoms with Gasteiger partial charge in [-0.2, -0.15) is 0 Å². The van der Waals surface area contributed by atoms with Crippen molar-refractivity contribution in [3.8, 4) is 11.5 Å². The van der Waals surface area contributed by atoms with Gasteiger partial charge in [0.2, 0.25) is 0 Å². The SMILES string of the molecule is COc1ccc(OC)c(SC)c1CN. The molecule has 1 rings (SSSR count). The zero-order valence-electron chi connectivity index (χ0n) is 8.66. The highest BCUT2D eigenvalue weighted by Crippen LogP contribution is 2.36. The molecule has 0 aliphatic rings. The van der Waals surface area contributed by atoms with Gasteiger partial charge in [0, 0.05) is 12.1 Å². The van der Waals surface area contributed by atoms with Crippen LogP contribution in [0.3, 0.4) is 0 Å². The van der Waals surface area contributed by atoms with Crippen LogP contribution in [0.15, 0.2) is 17.0 Å². The maximum Gasteiger partial charge on any atom is 0.133 e. The molecule has 0 bridgehead atoms. The third kappa shape index (κ3) is 1.96. The largest absolute Gasteiger partial charge is 0.496 e. The molecule has 0 spiro atoms. The molecule has 4 heteroatoms. The van der Waals surface area contributed by atoms with E-state index in [1.807, 2.05) is 18.4 Å². The number of ether oxygens (including phenoxy) is 2. The van der Waals surface area contributed by atoms with Crippen molar-refractivity contribution in [1.82, 2.24) is 0 Å². The number of benzene rings is 1.